The number of benzene rings is 1. The van der Waals surface area contributed by atoms with Gasteiger partial charge in [0.15, 0.2) is 0 Å². The number of hydrogen-bond donors (Lipinski definition) is 0. The number of imidazole rings is 1. The maximum atomic E-state index is 6.35. The third kappa shape index (κ3) is 2.74. The molecule has 0 saturated carbocycles. The molecule has 4 nitrogen and oxygen atoms in total. The third-order valence-electron chi connectivity index (χ3n) is 4.28. The topological polar surface area (TPSA) is 30.3 Å². The molecule has 1 aromatic carbocycles. The number of fused-ring (bicyclic) bond motifs is 1. The van der Waals surface area contributed by atoms with Crippen LogP contribution in [0, 0.1) is 5.92 Å². The van der Waals surface area contributed by atoms with Gasteiger partial charge in [-0.25, -0.2) is 4.98 Å². The standard InChI is InChI=1S/C16H22ClN3O/c1-11(17)16-18-15-13(5-4-6-14(15)21-3)20(16)10-12-7-8-19(2)9-12/h4-6,11-12H,7-10H2,1-3H3. The molecule has 1 aliphatic heterocycles. The zero-order chi connectivity index (χ0) is 15.0. The Bertz CT molecular complexity index is 638. The molecule has 5 heteroatoms. The van der Waals surface area contributed by atoms with Crippen molar-refractivity contribution in [1.29, 1.82) is 0 Å². The summed E-state index contributed by atoms with van der Waals surface area (Å²) in [6, 6.07) is 6.07. The summed E-state index contributed by atoms with van der Waals surface area (Å²) in [4.78, 5) is 7.12. The van der Waals surface area contributed by atoms with Crippen LogP contribution in [0.25, 0.3) is 11.0 Å². The Morgan fingerprint density at radius 2 is 2.29 bits per heavy atom. The molecule has 0 spiro atoms. The van der Waals surface area contributed by atoms with E-state index in [4.69, 9.17) is 21.3 Å². The zero-order valence-corrected chi connectivity index (χ0v) is 13.6. The molecule has 1 fully saturated rings. The van der Waals surface area contributed by atoms with Crippen molar-refractivity contribution in [2.75, 3.05) is 27.2 Å². The number of aromatic nitrogens is 2. The number of hydrogen-bond acceptors (Lipinski definition) is 3. The van der Waals surface area contributed by atoms with Crippen molar-refractivity contribution in [3.05, 3.63) is 24.0 Å². The molecule has 0 radical (unpaired) electrons. The minimum absolute atomic E-state index is 0.110. The molecule has 2 aromatic rings. The van der Waals surface area contributed by atoms with Crippen LogP contribution in [0.5, 0.6) is 5.75 Å². The molecule has 0 aliphatic carbocycles. The highest BCUT2D eigenvalue weighted by atomic mass is 35.5. The van der Waals surface area contributed by atoms with E-state index < -0.39 is 0 Å². The summed E-state index contributed by atoms with van der Waals surface area (Å²) >= 11 is 6.35. The fourth-order valence-electron chi connectivity index (χ4n) is 3.23. The van der Waals surface area contributed by atoms with Crippen molar-refractivity contribution in [1.82, 2.24) is 14.5 Å². The monoisotopic (exact) mass is 307 g/mol. The van der Waals surface area contributed by atoms with Crippen molar-refractivity contribution in [3.8, 4) is 5.75 Å². The fourth-order valence-corrected chi connectivity index (χ4v) is 3.40. The van der Waals surface area contributed by atoms with Gasteiger partial charge in [-0.05, 0) is 45.0 Å². The van der Waals surface area contributed by atoms with Crippen LogP contribution in [-0.4, -0.2) is 41.7 Å². The number of para-hydroxylation sites is 1. The van der Waals surface area contributed by atoms with Gasteiger partial charge in [-0.3, -0.25) is 0 Å². The Balaban J connectivity index is 2.04. The van der Waals surface area contributed by atoms with Gasteiger partial charge in [0.2, 0.25) is 0 Å². The van der Waals surface area contributed by atoms with E-state index in [1.165, 1.54) is 13.0 Å². The fraction of sp³-hybridized carbons (Fsp3) is 0.562. The number of alkyl halides is 1. The zero-order valence-electron chi connectivity index (χ0n) is 12.8. The van der Waals surface area contributed by atoms with Crippen LogP contribution in [0.4, 0.5) is 0 Å². The van der Waals surface area contributed by atoms with Crippen LogP contribution in [0.1, 0.15) is 24.5 Å². The average molecular weight is 308 g/mol. The van der Waals surface area contributed by atoms with Crippen molar-refractivity contribution in [2.45, 2.75) is 25.3 Å². The minimum Gasteiger partial charge on any atom is -0.494 e. The molecule has 0 bridgehead atoms. The lowest BCUT2D eigenvalue weighted by molar-refractivity contribution is 0.377. The molecule has 0 N–H and O–H groups in total. The summed E-state index contributed by atoms with van der Waals surface area (Å²) in [5.74, 6) is 2.41. The highest BCUT2D eigenvalue weighted by molar-refractivity contribution is 6.20. The Kier molecular flexibility index (Phi) is 4.09. The largest absolute Gasteiger partial charge is 0.494 e. The van der Waals surface area contributed by atoms with E-state index in [1.54, 1.807) is 7.11 Å². The van der Waals surface area contributed by atoms with E-state index in [1.807, 2.05) is 19.1 Å². The Morgan fingerprint density at radius 3 is 2.90 bits per heavy atom. The second-order valence-corrected chi connectivity index (χ2v) is 6.60. The van der Waals surface area contributed by atoms with Crippen molar-refractivity contribution < 1.29 is 4.74 Å². The normalized spacial score (nSPS) is 21.0. The lowest BCUT2D eigenvalue weighted by Gasteiger charge is -2.15. The summed E-state index contributed by atoms with van der Waals surface area (Å²) in [5.41, 5.74) is 2.03. The number of methoxy groups -OCH3 is 1. The molecule has 114 valence electrons. The van der Waals surface area contributed by atoms with E-state index >= 15 is 0 Å². The van der Waals surface area contributed by atoms with Crippen molar-refractivity contribution in [2.24, 2.45) is 5.92 Å². The first-order valence-electron chi connectivity index (χ1n) is 7.46. The minimum atomic E-state index is -0.110. The molecule has 2 heterocycles. The second kappa shape index (κ2) is 5.85. The van der Waals surface area contributed by atoms with Gasteiger partial charge in [0.25, 0.3) is 0 Å². The molecular formula is C16H22ClN3O. The van der Waals surface area contributed by atoms with Gasteiger partial charge >= 0.3 is 0 Å². The molecule has 2 unspecified atom stereocenters. The van der Waals surface area contributed by atoms with Crippen LogP contribution in [0.15, 0.2) is 18.2 Å². The number of nitrogens with zero attached hydrogens (tertiary/aromatic N) is 3. The predicted molar refractivity (Wildman–Crippen MR) is 86.2 cm³/mol. The predicted octanol–water partition coefficient (Wildman–Crippen LogP) is 3.30. The van der Waals surface area contributed by atoms with E-state index in [-0.39, 0.29) is 5.38 Å². The number of likely N-dealkylation sites (tertiary alicyclic amines) is 1. The lowest BCUT2D eigenvalue weighted by atomic mass is 10.1. The smallest absolute Gasteiger partial charge is 0.146 e. The van der Waals surface area contributed by atoms with E-state index in [9.17, 15) is 0 Å². The molecule has 1 aliphatic rings. The van der Waals surface area contributed by atoms with Gasteiger partial charge in [0.1, 0.15) is 17.1 Å². The SMILES string of the molecule is COc1cccc2c1nc(C(C)Cl)n2CC1CCN(C)C1. The second-order valence-electron chi connectivity index (χ2n) is 5.94. The summed E-state index contributed by atoms with van der Waals surface area (Å²) in [6.45, 7) is 5.26. The Morgan fingerprint density at radius 1 is 1.48 bits per heavy atom. The maximum Gasteiger partial charge on any atom is 0.146 e. The number of halogens is 1. The Hall–Kier alpha value is -1.26. The van der Waals surface area contributed by atoms with Crippen molar-refractivity contribution >= 4 is 22.6 Å². The molecule has 2 atom stereocenters. The van der Waals surface area contributed by atoms with E-state index in [0.717, 1.165) is 35.7 Å². The van der Waals surface area contributed by atoms with Crippen LogP contribution in [-0.2, 0) is 6.54 Å². The summed E-state index contributed by atoms with van der Waals surface area (Å²) < 4.78 is 7.71. The molecular weight excluding hydrogens is 286 g/mol. The molecule has 1 aromatic heterocycles. The molecule has 1 saturated heterocycles. The highest BCUT2D eigenvalue weighted by Crippen LogP contribution is 2.31. The van der Waals surface area contributed by atoms with Gasteiger partial charge < -0.3 is 14.2 Å². The highest BCUT2D eigenvalue weighted by Gasteiger charge is 2.24. The van der Waals surface area contributed by atoms with Gasteiger partial charge in [-0.15, -0.1) is 11.6 Å². The van der Waals surface area contributed by atoms with Crippen LogP contribution in [0.3, 0.4) is 0 Å². The molecule has 3 rings (SSSR count). The molecule has 21 heavy (non-hydrogen) atoms. The maximum absolute atomic E-state index is 6.35. The van der Waals surface area contributed by atoms with E-state index in [0.29, 0.717) is 5.92 Å². The molecule has 0 amide bonds. The van der Waals surface area contributed by atoms with Gasteiger partial charge in [0.05, 0.1) is 18.0 Å². The summed E-state index contributed by atoms with van der Waals surface area (Å²) in [7, 11) is 3.86. The first kappa shape index (κ1) is 14.7. The number of ether oxygens (including phenoxy) is 1. The summed E-state index contributed by atoms with van der Waals surface area (Å²) in [5, 5.41) is -0.110. The average Bonchev–Trinajstić information content (AvgIpc) is 3.03. The van der Waals surface area contributed by atoms with E-state index in [2.05, 4.69) is 22.6 Å². The van der Waals surface area contributed by atoms with Crippen LogP contribution < -0.4 is 4.74 Å². The first-order chi connectivity index (χ1) is 10.1. The quantitative estimate of drug-likeness (QED) is 0.812. The van der Waals surface area contributed by atoms with Gasteiger partial charge in [-0.2, -0.15) is 0 Å². The first-order valence-corrected chi connectivity index (χ1v) is 7.89. The third-order valence-corrected chi connectivity index (χ3v) is 4.47. The Labute approximate surface area is 130 Å². The van der Waals surface area contributed by atoms with Gasteiger partial charge in [-0.1, -0.05) is 6.07 Å². The van der Waals surface area contributed by atoms with Crippen LogP contribution >= 0.6 is 11.6 Å². The van der Waals surface area contributed by atoms with Crippen molar-refractivity contribution in [3.63, 3.8) is 0 Å². The van der Waals surface area contributed by atoms with Crippen LogP contribution in [0.2, 0.25) is 0 Å². The van der Waals surface area contributed by atoms with Gasteiger partial charge in [0, 0.05) is 13.1 Å². The lowest BCUT2D eigenvalue weighted by Crippen LogP contribution is -2.18. The number of rotatable bonds is 4. The summed E-state index contributed by atoms with van der Waals surface area (Å²) in [6.07, 6.45) is 1.23.